The minimum atomic E-state index is -5.76. The van der Waals surface area contributed by atoms with Crippen LogP contribution in [0.4, 0.5) is 13.2 Å². The van der Waals surface area contributed by atoms with Crippen LogP contribution in [-0.2, 0) is 14.9 Å². The maximum atomic E-state index is 12.5. The number of halogens is 3. The third kappa shape index (κ3) is 3.60. The maximum absolute atomic E-state index is 12.5. The van der Waals surface area contributed by atoms with Crippen LogP contribution in [0.2, 0.25) is 0 Å². The molecular formula is C16H12F3NO4S. The summed E-state index contributed by atoms with van der Waals surface area (Å²) in [6.07, 6.45) is 0. The number of aliphatic imine (C=N–C) groups is 1. The Morgan fingerprint density at radius 2 is 1.68 bits per heavy atom. The van der Waals surface area contributed by atoms with Gasteiger partial charge in [0.1, 0.15) is 18.4 Å². The van der Waals surface area contributed by atoms with Gasteiger partial charge in [-0.15, -0.1) is 0 Å². The zero-order valence-electron chi connectivity index (χ0n) is 12.6. The highest BCUT2D eigenvalue weighted by molar-refractivity contribution is 7.88. The summed E-state index contributed by atoms with van der Waals surface area (Å²) < 4.78 is 69.9. The molecule has 25 heavy (non-hydrogen) atoms. The van der Waals surface area contributed by atoms with E-state index in [-0.39, 0.29) is 12.2 Å². The predicted molar refractivity (Wildman–Crippen MR) is 83.7 cm³/mol. The summed E-state index contributed by atoms with van der Waals surface area (Å²) in [5.41, 5.74) is -4.60. The second-order valence-electron chi connectivity index (χ2n) is 5.15. The highest BCUT2D eigenvalue weighted by Crippen LogP contribution is 2.35. The molecular weight excluding hydrogens is 359 g/mol. The fraction of sp³-hybridized carbons (Fsp3) is 0.188. The van der Waals surface area contributed by atoms with Crippen molar-refractivity contribution in [2.45, 2.75) is 11.6 Å². The molecule has 0 bridgehead atoms. The van der Waals surface area contributed by atoms with Gasteiger partial charge < -0.3 is 8.92 Å². The molecule has 3 rings (SSSR count). The molecule has 0 saturated heterocycles. The molecule has 1 heterocycles. The van der Waals surface area contributed by atoms with Gasteiger partial charge in [0.05, 0.1) is 0 Å². The molecule has 0 N–H and O–H groups in total. The number of nitrogens with zero attached hydrogens (tertiary/aromatic N) is 1. The van der Waals surface area contributed by atoms with E-state index in [9.17, 15) is 21.6 Å². The molecule has 9 heteroatoms. The average molecular weight is 371 g/mol. The van der Waals surface area contributed by atoms with Gasteiger partial charge >= 0.3 is 15.6 Å². The molecule has 132 valence electrons. The highest BCUT2D eigenvalue weighted by atomic mass is 32.2. The first-order valence-corrected chi connectivity index (χ1v) is 8.54. The van der Waals surface area contributed by atoms with Gasteiger partial charge in [-0.2, -0.15) is 21.6 Å². The molecule has 0 radical (unpaired) electrons. The third-order valence-electron chi connectivity index (χ3n) is 3.43. The molecule has 0 aromatic heterocycles. The van der Waals surface area contributed by atoms with Crippen molar-refractivity contribution >= 4 is 16.0 Å². The average Bonchev–Trinajstić information content (AvgIpc) is 3.04. The van der Waals surface area contributed by atoms with Crippen molar-refractivity contribution in [2.24, 2.45) is 4.99 Å². The minimum Gasteiger partial charge on any atom is -0.475 e. The van der Waals surface area contributed by atoms with Crippen LogP contribution in [0.3, 0.4) is 0 Å². The van der Waals surface area contributed by atoms with Crippen LogP contribution in [-0.4, -0.2) is 26.4 Å². The van der Waals surface area contributed by atoms with E-state index in [1.165, 1.54) is 12.1 Å². The van der Waals surface area contributed by atoms with Gasteiger partial charge in [0, 0.05) is 11.1 Å². The number of ether oxygens (including phenoxy) is 1. The predicted octanol–water partition coefficient (Wildman–Crippen LogP) is 3.43. The molecule has 1 aliphatic rings. The normalized spacial score (nSPS) is 17.7. The summed E-state index contributed by atoms with van der Waals surface area (Å²) in [6.45, 7) is 0.0661. The molecule has 0 aliphatic carbocycles. The monoisotopic (exact) mass is 371 g/mol. The smallest absolute Gasteiger partial charge is 0.475 e. The van der Waals surface area contributed by atoms with Gasteiger partial charge in [-0.05, 0) is 18.2 Å². The van der Waals surface area contributed by atoms with Crippen LogP contribution in [0.5, 0.6) is 5.75 Å². The lowest BCUT2D eigenvalue weighted by Crippen LogP contribution is -2.28. The second kappa shape index (κ2) is 6.40. The largest absolute Gasteiger partial charge is 0.534 e. The number of benzene rings is 2. The van der Waals surface area contributed by atoms with Gasteiger partial charge in [0.2, 0.25) is 5.90 Å². The molecule has 0 saturated carbocycles. The Morgan fingerprint density at radius 1 is 1.04 bits per heavy atom. The quantitative estimate of drug-likeness (QED) is 0.610. The van der Waals surface area contributed by atoms with Crippen molar-refractivity contribution in [2.75, 3.05) is 6.61 Å². The standard InChI is InChI=1S/C16H12F3NO4S/c17-16(18,19)25(21,22)24-14-9-5-4-8-12(14)13-10-23-15(20-13)11-6-2-1-3-7-11/h1-9,13H,10H2/t13-/m0/s1. The summed E-state index contributed by atoms with van der Waals surface area (Å²) in [6, 6.07) is 13.8. The first-order chi connectivity index (χ1) is 11.8. The van der Waals surface area contributed by atoms with Gasteiger partial charge in [0.15, 0.2) is 0 Å². The second-order valence-corrected chi connectivity index (χ2v) is 6.69. The first kappa shape index (κ1) is 17.3. The zero-order chi connectivity index (χ0) is 18.1. The van der Waals surface area contributed by atoms with Crippen LogP contribution in [0, 0.1) is 0 Å². The summed E-state index contributed by atoms with van der Waals surface area (Å²) in [4.78, 5) is 4.32. The van der Waals surface area contributed by atoms with Gasteiger partial charge in [0.25, 0.3) is 0 Å². The van der Waals surface area contributed by atoms with Gasteiger partial charge in [-0.25, -0.2) is 4.99 Å². The van der Waals surface area contributed by atoms with E-state index >= 15 is 0 Å². The molecule has 1 atom stereocenters. The van der Waals surface area contributed by atoms with E-state index in [1.54, 1.807) is 30.3 Å². The Labute approximate surface area is 141 Å². The minimum absolute atomic E-state index is 0.0661. The van der Waals surface area contributed by atoms with Crippen molar-refractivity contribution in [3.05, 3.63) is 65.7 Å². The Morgan fingerprint density at radius 3 is 2.36 bits per heavy atom. The van der Waals surface area contributed by atoms with Crippen molar-refractivity contribution in [3.63, 3.8) is 0 Å². The van der Waals surface area contributed by atoms with Crippen LogP contribution in [0.15, 0.2) is 59.6 Å². The lowest BCUT2D eigenvalue weighted by Gasteiger charge is -2.14. The SMILES string of the molecule is O=S(=O)(Oc1ccccc1[C@@H]1COC(c2ccccc2)=N1)C(F)(F)F. The molecule has 0 amide bonds. The summed E-state index contributed by atoms with van der Waals surface area (Å²) in [5, 5.41) is 0. The Bertz CT molecular complexity index is 895. The van der Waals surface area contributed by atoms with E-state index in [0.717, 1.165) is 6.07 Å². The van der Waals surface area contributed by atoms with Crippen molar-refractivity contribution in [1.82, 2.24) is 0 Å². The summed E-state index contributed by atoms with van der Waals surface area (Å²) >= 11 is 0. The molecule has 5 nitrogen and oxygen atoms in total. The zero-order valence-corrected chi connectivity index (χ0v) is 13.4. The lowest BCUT2D eigenvalue weighted by molar-refractivity contribution is -0.0500. The fourth-order valence-corrected chi connectivity index (χ4v) is 2.75. The van der Waals surface area contributed by atoms with E-state index in [2.05, 4.69) is 9.18 Å². The molecule has 2 aromatic carbocycles. The first-order valence-electron chi connectivity index (χ1n) is 7.13. The number of para-hydroxylation sites is 1. The van der Waals surface area contributed by atoms with Gasteiger partial charge in [-0.1, -0.05) is 36.4 Å². The number of hydrogen-bond acceptors (Lipinski definition) is 5. The Hall–Kier alpha value is -2.55. The van der Waals surface area contributed by atoms with Crippen molar-refractivity contribution in [1.29, 1.82) is 0 Å². The van der Waals surface area contributed by atoms with Crippen molar-refractivity contribution in [3.8, 4) is 5.75 Å². The van der Waals surface area contributed by atoms with Crippen molar-refractivity contribution < 1.29 is 30.5 Å². The van der Waals surface area contributed by atoms with Gasteiger partial charge in [-0.3, -0.25) is 0 Å². The molecule has 2 aromatic rings. The maximum Gasteiger partial charge on any atom is 0.534 e. The molecule has 0 spiro atoms. The topological polar surface area (TPSA) is 65.0 Å². The van der Waals surface area contributed by atoms with Crippen LogP contribution >= 0.6 is 0 Å². The Balaban J connectivity index is 1.91. The fourth-order valence-electron chi connectivity index (χ4n) is 2.27. The van der Waals surface area contributed by atoms with Crippen LogP contribution in [0.25, 0.3) is 0 Å². The molecule has 0 unspecified atom stereocenters. The van der Waals surface area contributed by atoms with E-state index in [4.69, 9.17) is 4.74 Å². The van der Waals surface area contributed by atoms with E-state index in [0.29, 0.717) is 11.5 Å². The number of hydrogen-bond donors (Lipinski definition) is 0. The van der Waals surface area contributed by atoms with Crippen LogP contribution in [0.1, 0.15) is 17.2 Å². The summed E-state index contributed by atoms with van der Waals surface area (Å²) in [7, 11) is -5.76. The molecule has 1 aliphatic heterocycles. The lowest BCUT2D eigenvalue weighted by atomic mass is 10.1. The van der Waals surface area contributed by atoms with E-state index < -0.39 is 27.4 Å². The third-order valence-corrected chi connectivity index (χ3v) is 4.40. The highest BCUT2D eigenvalue weighted by Gasteiger charge is 2.49. The van der Waals surface area contributed by atoms with Crippen LogP contribution < -0.4 is 4.18 Å². The number of rotatable bonds is 4. The molecule has 0 fully saturated rings. The van der Waals surface area contributed by atoms with E-state index in [1.807, 2.05) is 6.07 Å². The Kier molecular flexibility index (Phi) is 4.42. The number of alkyl halides is 3. The summed E-state index contributed by atoms with van der Waals surface area (Å²) in [5.74, 6) is -0.0921.